The lowest BCUT2D eigenvalue weighted by Gasteiger charge is -2.03. The molecular weight excluding hydrogens is 228 g/mol. The monoisotopic (exact) mass is 240 g/mol. The highest BCUT2D eigenvalue weighted by atomic mass is 16.6. The van der Waals surface area contributed by atoms with Gasteiger partial charge in [0.1, 0.15) is 11.1 Å². The molecule has 0 unspecified atom stereocenters. The van der Waals surface area contributed by atoms with Crippen LogP contribution in [0.4, 0.5) is 0 Å². The van der Waals surface area contributed by atoms with E-state index in [4.69, 9.17) is 14.2 Å². The third-order valence-corrected chi connectivity index (χ3v) is 2.47. The van der Waals surface area contributed by atoms with Gasteiger partial charge in [0.2, 0.25) is 0 Å². The Bertz CT molecular complexity index is 564. The first kappa shape index (κ1) is 11.2. The van der Waals surface area contributed by atoms with Gasteiger partial charge in [-0.15, -0.1) is 0 Å². The van der Waals surface area contributed by atoms with Crippen LogP contribution in [0, 0.1) is 5.21 Å². The van der Waals surface area contributed by atoms with E-state index >= 15 is 0 Å². The predicted molar refractivity (Wildman–Crippen MR) is 57.7 cm³/mol. The van der Waals surface area contributed by atoms with Crippen molar-refractivity contribution in [3.63, 3.8) is 0 Å². The number of hydrogen-bond acceptors (Lipinski definition) is 5. The number of benzene rings is 1. The van der Waals surface area contributed by atoms with E-state index < -0.39 is 0 Å². The minimum atomic E-state index is 0.0206. The Balaban J connectivity index is 2.88. The van der Waals surface area contributed by atoms with Crippen molar-refractivity contribution in [3.8, 4) is 17.4 Å². The Kier molecular flexibility index (Phi) is 2.58. The summed E-state index contributed by atoms with van der Waals surface area (Å²) < 4.78 is 15.1. The van der Waals surface area contributed by atoms with Crippen LogP contribution in [0.3, 0.4) is 0 Å². The highest BCUT2D eigenvalue weighted by molar-refractivity contribution is 5.88. The van der Waals surface area contributed by atoms with Crippen molar-refractivity contribution in [2.45, 2.75) is 0 Å². The molecule has 0 fully saturated rings. The normalized spacial score (nSPS) is 10.5. The third kappa shape index (κ3) is 1.47. The first-order chi connectivity index (χ1) is 8.13. The molecule has 7 heteroatoms. The summed E-state index contributed by atoms with van der Waals surface area (Å²) >= 11 is 0. The summed E-state index contributed by atoms with van der Waals surface area (Å²) in [6.07, 6.45) is 0. The zero-order valence-electron chi connectivity index (χ0n) is 9.63. The van der Waals surface area contributed by atoms with E-state index in [9.17, 15) is 10.4 Å². The van der Waals surface area contributed by atoms with E-state index in [0.29, 0.717) is 21.7 Å². The number of fused-ring (bicyclic) bond motifs is 1. The number of rotatable bonds is 3. The molecule has 1 aromatic heterocycles. The molecule has 17 heavy (non-hydrogen) atoms. The van der Waals surface area contributed by atoms with E-state index in [1.54, 1.807) is 12.1 Å². The minimum Gasteiger partial charge on any atom is -0.593 e. The molecule has 0 saturated carbocycles. The van der Waals surface area contributed by atoms with Crippen molar-refractivity contribution < 1.29 is 24.3 Å². The first-order valence-corrected chi connectivity index (χ1v) is 4.77. The Morgan fingerprint density at radius 3 is 2.41 bits per heavy atom. The van der Waals surface area contributed by atoms with Crippen LogP contribution in [0.25, 0.3) is 10.9 Å². The highest BCUT2D eigenvalue weighted by Gasteiger charge is 2.26. The molecule has 0 radical (unpaired) electrons. The SMILES string of the molecule is COc1cc(OC)c2c(c1)c(OC)n(O)[n+]2[O-]. The molecule has 0 bridgehead atoms. The van der Waals surface area contributed by atoms with Gasteiger partial charge >= 0.3 is 11.4 Å². The van der Waals surface area contributed by atoms with E-state index in [1.165, 1.54) is 21.3 Å². The summed E-state index contributed by atoms with van der Waals surface area (Å²) in [5.74, 6) is 0.812. The molecule has 0 amide bonds. The van der Waals surface area contributed by atoms with Gasteiger partial charge in [-0.1, -0.05) is 0 Å². The number of nitrogens with zero attached hydrogens (tertiary/aromatic N) is 2. The summed E-state index contributed by atoms with van der Waals surface area (Å²) in [7, 11) is 4.27. The lowest BCUT2D eigenvalue weighted by atomic mass is 10.2. The standard InChI is InChI=1S/C10H12N2O5/c1-15-6-4-7-9(8(5-6)16-2)11(13)12(14)10(7)17-3/h4-5,14H,1-3H3. The van der Waals surface area contributed by atoms with Crippen molar-refractivity contribution in [2.24, 2.45) is 0 Å². The third-order valence-electron chi connectivity index (χ3n) is 2.47. The summed E-state index contributed by atoms with van der Waals surface area (Å²) in [6.45, 7) is 0. The smallest absolute Gasteiger partial charge is 0.307 e. The van der Waals surface area contributed by atoms with Gasteiger partial charge in [-0.05, 0) is 4.85 Å². The fourth-order valence-corrected chi connectivity index (χ4v) is 1.69. The lowest BCUT2D eigenvalue weighted by molar-refractivity contribution is -0.703. The second kappa shape index (κ2) is 3.93. The maximum Gasteiger partial charge on any atom is 0.307 e. The quantitative estimate of drug-likeness (QED) is 0.481. The van der Waals surface area contributed by atoms with Crippen LogP contribution < -0.4 is 19.1 Å². The number of ether oxygens (including phenoxy) is 3. The second-order valence-corrected chi connectivity index (χ2v) is 3.30. The van der Waals surface area contributed by atoms with Gasteiger partial charge in [0.25, 0.3) is 0 Å². The highest BCUT2D eigenvalue weighted by Crippen LogP contribution is 2.34. The first-order valence-electron chi connectivity index (χ1n) is 4.77. The molecule has 0 aliphatic rings. The second-order valence-electron chi connectivity index (χ2n) is 3.30. The zero-order chi connectivity index (χ0) is 12.6. The van der Waals surface area contributed by atoms with E-state index in [1.807, 2.05) is 0 Å². The van der Waals surface area contributed by atoms with E-state index in [-0.39, 0.29) is 16.2 Å². The molecule has 1 N–H and O–H groups in total. The van der Waals surface area contributed by atoms with Crippen molar-refractivity contribution >= 4 is 10.9 Å². The molecule has 1 heterocycles. The fourth-order valence-electron chi connectivity index (χ4n) is 1.69. The van der Waals surface area contributed by atoms with Gasteiger partial charge in [0.05, 0.1) is 26.2 Å². The molecule has 1 aromatic carbocycles. The Morgan fingerprint density at radius 2 is 1.88 bits per heavy atom. The van der Waals surface area contributed by atoms with Crippen LogP contribution in [0.15, 0.2) is 12.1 Å². The van der Waals surface area contributed by atoms with Crippen molar-refractivity contribution in [1.29, 1.82) is 0 Å². The Labute approximate surface area is 96.9 Å². The van der Waals surface area contributed by atoms with Gasteiger partial charge in [-0.3, -0.25) is 0 Å². The Hall–Kier alpha value is -2.31. The van der Waals surface area contributed by atoms with Gasteiger partial charge in [-0.25, -0.2) is 0 Å². The van der Waals surface area contributed by atoms with Gasteiger partial charge in [0.15, 0.2) is 5.75 Å². The summed E-state index contributed by atoms with van der Waals surface area (Å²) in [6, 6.07) is 3.13. The summed E-state index contributed by atoms with van der Waals surface area (Å²) in [4.78, 5) is 0.652. The largest absolute Gasteiger partial charge is 0.593 e. The molecule has 0 saturated heterocycles. The molecule has 2 aromatic rings. The number of methoxy groups -OCH3 is 3. The fraction of sp³-hybridized carbons (Fsp3) is 0.300. The maximum atomic E-state index is 11.7. The van der Waals surface area contributed by atoms with Crippen LogP contribution >= 0.6 is 0 Å². The van der Waals surface area contributed by atoms with Crippen molar-refractivity contribution in [1.82, 2.24) is 4.85 Å². The van der Waals surface area contributed by atoms with Crippen LogP contribution in [-0.2, 0) is 0 Å². The molecular formula is C10H12N2O5. The van der Waals surface area contributed by atoms with Gasteiger partial charge in [-0.2, -0.15) is 0 Å². The van der Waals surface area contributed by atoms with Crippen LogP contribution in [-0.4, -0.2) is 31.4 Å². The molecule has 92 valence electrons. The van der Waals surface area contributed by atoms with Crippen LogP contribution in [0.5, 0.6) is 17.4 Å². The topological polar surface area (TPSA) is 79.8 Å². The maximum absolute atomic E-state index is 11.7. The van der Waals surface area contributed by atoms with Gasteiger partial charge in [0, 0.05) is 12.1 Å². The molecule has 7 nitrogen and oxygen atoms in total. The van der Waals surface area contributed by atoms with Crippen LogP contribution in [0.2, 0.25) is 0 Å². The van der Waals surface area contributed by atoms with E-state index in [0.717, 1.165) is 0 Å². The zero-order valence-corrected chi connectivity index (χ0v) is 9.63. The Morgan fingerprint density at radius 1 is 1.18 bits per heavy atom. The molecule has 0 aliphatic carbocycles. The van der Waals surface area contributed by atoms with Gasteiger partial charge < -0.3 is 24.6 Å². The number of aromatic nitrogens is 2. The molecule has 0 aliphatic heterocycles. The molecule has 0 spiro atoms. The van der Waals surface area contributed by atoms with Crippen molar-refractivity contribution in [3.05, 3.63) is 17.3 Å². The van der Waals surface area contributed by atoms with E-state index in [2.05, 4.69) is 0 Å². The average molecular weight is 240 g/mol. The number of hydrogen-bond donors (Lipinski definition) is 1. The summed E-state index contributed by atoms with van der Waals surface area (Å²) in [5, 5.41) is 21.7. The lowest BCUT2D eigenvalue weighted by Crippen LogP contribution is -2.36. The van der Waals surface area contributed by atoms with Crippen molar-refractivity contribution in [2.75, 3.05) is 21.3 Å². The minimum absolute atomic E-state index is 0.0206. The average Bonchev–Trinajstić information content (AvgIpc) is 2.60. The van der Waals surface area contributed by atoms with Crippen LogP contribution in [0.1, 0.15) is 0 Å². The molecule has 0 atom stereocenters. The summed E-state index contributed by atoms with van der Waals surface area (Å²) in [5.41, 5.74) is 0.174. The predicted octanol–water partition coefficient (Wildman–Crippen LogP) is 0.538. The molecule has 2 rings (SSSR count).